The normalized spacial score (nSPS) is 21.9. The third-order valence-electron chi connectivity index (χ3n) is 8.90. The third kappa shape index (κ3) is 7.69. The van der Waals surface area contributed by atoms with Gasteiger partial charge in [-0.1, -0.05) is 91.0 Å². The largest absolute Gasteiger partial charge is 0.392 e. The maximum Gasteiger partial charge on any atom is 0.251 e. The zero-order chi connectivity index (χ0) is 31.0. The van der Waals surface area contributed by atoms with E-state index in [0.29, 0.717) is 18.2 Å². The quantitative estimate of drug-likeness (QED) is 0.205. The smallest absolute Gasteiger partial charge is 0.251 e. The number of nitrogens with zero attached hydrogens (tertiary/aromatic N) is 1. The van der Waals surface area contributed by atoms with Crippen LogP contribution in [0.1, 0.15) is 64.3 Å². The van der Waals surface area contributed by atoms with Gasteiger partial charge in [-0.2, -0.15) is 0 Å². The second-order valence-electron chi connectivity index (χ2n) is 11.9. The summed E-state index contributed by atoms with van der Waals surface area (Å²) in [6, 6.07) is 34.2. The molecule has 2 N–H and O–H groups in total. The van der Waals surface area contributed by atoms with Crippen LogP contribution in [-0.4, -0.2) is 54.9 Å². The molecule has 4 aromatic rings. The number of carbonyl (C=O) groups excluding carboxylic acids is 1. The van der Waals surface area contributed by atoms with Gasteiger partial charge in [0, 0.05) is 43.8 Å². The van der Waals surface area contributed by atoms with Crippen molar-refractivity contribution in [3.05, 3.63) is 131 Å². The zero-order valence-corrected chi connectivity index (χ0v) is 25.8. The third-order valence-corrected chi connectivity index (χ3v) is 8.90. The maximum atomic E-state index is 12.7. The maximum absolute atomic E-state index is 12.7. The van der Waals surface area contributed by atoms with E-state index in [4.69, 9.17) is 14.2 Å². The summed E-state index contributed by atoms with van der Waals surface area (Å²) in [4.78, 5) is 15.2. The molecule has 0 saturated carbocycles. The number of benzene rings is 4. The number of hydrogen-bond acceptors (Lipinski definition) is 6. The minimum Gasteiger partial charge on any atom is -0.392 e. The molecule has 2 heterocycles. The summed E-state index contributed by atoms with van der Waals surface area (Å²) in [6.45, 7) is 3.07. The molecular formula is C38H42N2O5. The van der Waals surface area contributed by atoms with Crippen LogP contribution in [0.5, 0.6) is 0 Å². The predicted molar refractivity (Wildman–Crippen MR) is 174 cm³/mol. The Morgan fingerprint density at radius 2 is 1.64 bits per heavy atom. The second-order valence-corrected chi connectivity index (χ2v) is 11.9. The molecule has 7 nitrogen and oxygen atoms in total. The first kappa shape index (κ1) is 31.1. The van der Waals surface area contributed by atoms with Gasteiger partial charge in [-0.15, -0.1) is 0 Å². The van der Waals surface area contributed by atoms with E-state index < -0.39 is 6.29 Å². The molecule has 0 radical (unpaired) electrons. The minimum absolute atomic E-state index is 0.00245. The van der Waals surface area contributed by atoms with Crippen molar-refractivity contribution in [2.24, 2.45) is 0 Å². The van der Waals surface area contributed by atoms with Crippen LogP contribution in [-0.2, 0) is 27.4 Å². The second kappa shape index (κ2) is 15.0. The number of nitrogens with one attached hydrogen (secondary N) is 1. The first-order valence-electron chi connectivity index (χ1n) is 15.9. The Balaban J connectivity index is 1.19. The number of methoxy groups -OCH3 is 1. The van der Waals surface area contributed by atoms with Gasteiger partial charge in [0.05, 0.1) is 25.4 Å². The molecule has 6 rings (SSSR count). The van der Waals surface area contributed by atoms with E-state index in [1.165, 1.54) is 6.42 Å². The first-order valence-corrected chi connectivity index (χ1v) is 15.9. The van der Waals surface area contributed by atoms with Crippen LogP contribution >= 0.6 is 0 Å². The zero-order valence-electron chi connectivity index (χ0n) is 25.8. The monoisotopic (exact) mass is 606 g/mol. The van der Waals surface area contributed by atoms with Gasteiger partial charge < -0.3 is 24.6 Å². The fourth-order valence-electron chi connectivity index (χ4n) is 6.45. The summed E-state index contributed by atoms with van der Waals surface area (Å²) in [5.74, 6) is -0.0927. The van der Waals surface area contributed by atoms with Gasteiger partial charge in [-0.3, -0.25) is 9.69 Å². The molecule has 4 atom stereocenters. The van der Waals surface area contributed by atoms with Crippen molar-refractivity contribution in [3.8, 4) is 11.1 Å². The SMILES string of the molecule is COC[C@@H]1CCCN1C[C@@H]1C[C@H](c2ccc(CO)cc2)O[C@H](c2ccc(-c3ccccc3CNC(=O)c3ccccc3)cc2)O1. The van der Waals surface area contributed by atoms with Crippen molar-refractivity contribution in [3.63, 3.8) is 0 Å². The lowest BCUT2D eigenvalue weighted by atomic mass is 9.97. The molecule has 2 fully saturated rings. The molecule has 0 bridgehead atoms. The highest BCUT2D eigenvalue weighted by Gasteiger charge is 2.35. The molecule has 234 valence electrons. The number of rotatable bonds is 11. The van der Waals surface area contributed by atoms with Crippen molar-refractivity contribution in [2.75, 3.05) is 26.8 Å². The number of amides is 1. The molecule has 2 aliphatic rings. The summed E-state index contributed by atoms with van der Waals surface area (Å²) in [7, 11) is 1.77. The van der Waals surface area contributed by atoms with E-state index in [0.717, 1.165) is 65.9 Å². The average molecular weight is 607 g/mol. The molecule has 7 heteroatoms. The molecule has 0 spiro atoms. The van der Waals surface area contributed by atoms with Gasteiger partial charge in [0.15, 0.2) is 6.29 Å². The van der Waals surface area contributed by atoms with E-state index in [1.54, 1.807) is 7.11 Å². The lowest BCUT2D eigenvalue weighted by molar-refractivity contribution is -0.253. The summed E-state index contributed by atoms with van der Waals surface area (Å²) >= 11 is 0. The van der Waals surface area contributed by atoms with Crippen LogP contribution in [0.2, 0.25) is 0 Å². The summed E-state index contributed by atoms with van der Waals surface area (Å²) in [6.07, 6.45) is 2.43. The standard InChI is InChI=1S/C38H42N2O5/c1-43-26-33-11-7-21-40(33)24-34-22-36(29-15-13-27(25-41)14-16-29)45-38(44-34)31-19-17-28(18-20-31)35-12-6-5-10-32(35)23-39-37(42)30-8-3-2-4-9-30/h2-6,8-10,12-20,33-34,36,38,41H,7,11,21-26H2,1H3,(H,39,42)/t33-,34-,36+,38+/m0/s1. The Labute approximate surface area is 265 Å². The number of carbonyl (C=O) groups is 1. The van der Waals surface area contributed by atoms with E-state index in [1.807, 2.05) is 60.7 Å². The van der Waals surface area contributed by atoms with Gasteiger partial charge in [0.1, 0.15) is 0 Å². The predicted octanol–water partition coefficient (Wildman–Crippen LogP) is 6.43. The van der Waals surface area contributed by atoms with Gasteiger partial charge in [0.2, 0.25) is 0 Å². The van der Waals surface area contributed by atoms with Crippen molar-refractivity contribution < 1.29 is 24.1 Å². The molecule has 45 heavy (non-hydrogen) atoms. The van der Waals surface area contributed by atoms with Crippen molar-refractivity contribution >= 4 is 5.91 Å². The molecule has 2 saturated heterocycles. The van der Waals surface area contributed by atoms with E-state index in [2.05, 4.69) is 52.7 Å². The van der Waals surface area contributed by atoms with Crippen LogP contribution in [0.3, 0.4) is 0 Å². The number of aliphatic hydroxyl groups is 1. The Bertz CT molecular complexity index is 1530. The molecule has 0 aliphatic carbocycles. The number of hydrogen-bond donors (Lipinski definition) is 2. The van der Waals surface area contributed by atoms with Crippen LogP contribution in [0.25, 0.3) is 11.1 Å². The fraction of sp³-hybridized carbons (Fsp3) is 0.342. The van der Waals surface area contributed by atoms with Crippen molar-refractivity contribution in [2.45, 2.75) is 57.0 Å². The lowest BCUT2D eigenvalue weighted by Crippen LogP contribution is -2.42. The highest BCUT2D eigenvalue weighted by Crippen LogP contribution is 2.39. The van der Waals surface area contributed by atoms with E-state index in [9.17, 15) is 9.90 Å². The van der Waals surface area contributed by atoms with Gasteiger partial charge in [0.25, 0.3) is 5.91 Å². The summed E-state index contributed by atoms with van der Waals surface area (Å²) in [5, 5.41) is 12.6. The van der Waals surface area contributed by atoms with Crippen LogP contribution in [0, 0.1) is 0 Å². The molecule has 4 aromatic carbocycles. The highest BCUT2D eigenvalue weighted by atomic mass is 16.7. The number of aliphatic hydroxyl groups excluding tert-OH is 1. The molecule has 2 aliphatic heterocycles. The van der Waals surface area contributed by atoms with Crippen LogP contribution in [0.4, 0.5) is 0 Å². The number of likely N-dealkylation sites (tertiary alicyclic amines) is 1. The van der Waals surface area contributed by atoms with E-state index >= 15 is 0 Å². The summed E-state index contributed by atoms with van der Waals surface area (Å²) < 4.78 is 18.7. The molecular weight excluding hydrogens is 564 g/mol. The average Bonchev–Trinajstić information content (AvgIpc) is 3.54. The van der Waals surface area contributed by atoms with Crippen LogP contribution in [0.15, 0.2) is 103 Å². The lowest BCUT2D eigenvalue weighted by Gasteiger charge is -2.38. The van der Waals surface area contributed by atoms with Crippen molar-refractivity contribution in [1.29, 1.82) is 0 Å². The molecule has 1 amide bonds. The Hall–Kier alpha value is -3.85. The van der Waals surface area contributed by atoms with Gasteiger partial charge in [-0.25, -0.2) is 0 Å². The molecule has 0 unspecified atom stereocenters. The Morgan fingerprint density at radius 3 is 2.40 bits per heavy atom. The summed E-state index contributed by atoms with van der Waals surface area (Å²) in [5.41, 5.74) is 6.75. The van der Waals surface area contributed by atoms with Crippen molar-refractivity contribution in [1.82, 2.24) is 10.2 Å². The van der Waals surface area contributed by atoms with Crippen LogP contribution < -0.4 is 5.32 Å². The van der Waals surface area contributed by atoms with E-state index in [-0.39, 0.29) is 24.7 Å². The highest BCUT2D eigenvalue weighted by molar-refractivity contribution is 5.94. The Morgan fingerprint density at radius 1 is 0.911 bits per heavy atom. The Kier molecular flexibility index (Phi) is 10.4. The fourth-order valence-corrected chi connectivity index (χ4v) is 6.45. The van der Waals surface area contributed by atoms with Gasteiger partial charge in [-0.05, 0) is 59.3 Å². The molecule has 0 aromatic heterocycles. The first-order chi connectivity index (χ1) is 22.1. The minimum atomic E-state index is -0.510. The topological polar surface area (TPSA) is 80.3 Å². The number of ether oxygens (including phenoxy) is 3. The van der Waals surface area contributed by atoms with Gasteiger partial charge >= 0.3 is 0 Å².